The second-order valence-corrected chi connectivity index (χ2v) is 4.92. The van der Waals surface area contributed by atoms with Gasteiger partial charge in [0.15, 0.2) is 5.65 Å². The monoisotopic (exact) mass is 272 g/mol. The van der Waals surface area contributed by atoms with E-state index in [1.807, 2.05) is 36.1 Å². The van der Waals surface area contributed by atoms with E-state index in [1.165, 1.54) is 4.63 Å². The van der Waals surface area contributed by atoms with Gasteiger partial charge in [0.2, 0.25) is 0 Å². The second-order valence-electron chi connectivity index (χ2n) is 4.92. The predicted molar refractivity (Wildman–Crippen MR) is 73.3 cm³/mol. The summed E-state index contributed by atoms with van der Waals surface area (Å²) in [6.45, 7) is 6.23. The van der Waals surface area contributed by atoms with E-state index in [2.05, 4.69) is 44.9 Å². The average molecular weight is 272 g/mol. The Kier molecular flexibility index (Phi) is 3.05. The highest BCUT2D eigenvalue weighted by molar-refractivity contribution is 5.42. The summed E-state index contributed by atoms with van der Waals surface area (Å²) in [4.78, 5) is 0. The van der Waals surface area contributed by atoms with E-state index < -0.39 is 0 Å². The fraction of sp³-hybridized carbons (Fsp3) is 0.417. The van der Waals surface area contributed by atoms with Crippen LogP contribution in [0.25, 0.3) is 5.65 Å². The molecule has 0 spiro atoms. The maximum Gasteiger partial charge on any atom is 0.200 e. The Morgan fingerprint density at radius 2 is 2.10 bits per heavy atom. The summed E-state index contributed by atoms with van der Waals surface area (Å²) in [5.74, 6) is 0.730. The summed E-state index contributed by atoms with van der Waals surface area (Å²) in [6, 6.07) is 4.06. The summed E-state index contributed by atoms with van der Waals surface area (Å²) < 4.78 is 3.35. The molecule has 0 bridgehead atoms. The summed E-state index contributed by atoms with van der Waals surface area (Å²) in [5.41, 5.74) is 1.77. The lowest BCUT2D eigenvalue weighted by Gasteiger charge is -2.22. The molecule has 0 saturated heterocycles. The van der Waals surface area contributed by atoms with Crippen LogP contribution in [0.4, 0.5) is 5.82 Å². The van der Waals surface area contributed by atoms with Crippen LogP contribution in [0.3, 0.4) is 0 Å². The molecule has 0 amide bonds. The number of rotatable bonds is 4. The van der Waals surface area contributed by atoms with Crippen molar-refractivity contribution >= 4 is 11.5 Å². The Balaban J connectivity index is 1.75. The molecule has 3 heterocycles. The average Bonchev–Trinajstić information content (AvgIpc) is 3.05. The maximum atomic E-state index is 4.34. The van der Waals surface area contributed by atoms with Crippen LogP contribution in [0.2, 0.25) is 0 Å². The molecule has 0 radical (unpaired) electrons. The third kappa shape index (κ3) is 2.31. The molecule has 0 aliphatic carbocycles. The van der Waals surface area contributed by atoms with Crippen LogP contribution < -0.4 is 5.32 Å². The molecule has 3 aromatic rings. The van der Waals surface area contributed by atoms with Crippen LogP contribution in [0.15, 0.2) is 24.5 Å². The summed E-state index contributed by atoms with van der Waals surface area (Å²) in [5, 5.41) is 23.1. The van der Waals surface area contributed by atoms with Gasteiger partial charge in [-0.25, -0.2) is 0 Å². The van der Waals surface area contributed by atoms with Crippen LogP contribution in [0.5, 0.6) is 0 Å². The molecule has 0 aliphatic heterocycles. The topological polar surface area (TPSA) is 85.8 Å². The van der Waals surface area contributed by atoms with Gasteiger partial charge in [-0.15, -0.1) is 14.8 Å². The van der Waals surface area contributed by atoms with Crippen molar-refractivity contribution in [1.82, 2.24) is 35.0 Å². The Morgan fingerprint density at radius 1 is 1.25 bits per heavy atom. The predicted octanol–water partition coefficient (Wildman–Crippen LogP) is 1.09. The smallest absolute Gasteiger partial charge is 0.200 e. The van der Waals surface area contributed by atoms with Crippen molar-refractivity contribution in [2.45, 2.75) is 32.9 Å². The van der Waals surface area contributed by atoms with Gasteiger partial charge in [-0.05, 0) is 48.9 Å². The fourth-order valence-electron chi connectivity index (χ4n) is 1.97. The lowest BCUT2D eigenvalue weighted by Crippen LogP contribution is -2.27. The van der Waals surface area contributed by atoms with E-state index >= 15 is 0 Å². The largest absolute Gasteiger partial charge is 0.364 e. The Bertz CT molecular complexity index is 715. The lowest BCUT2D eigenvalue weighted by molar-refractivity contribution is 0.442. The third-order valence-electron chi connectivity index (χ3n) is 3.32. The summed E-state index contributed by atoms with van der Waals surface area (Å²) >= 11 is 0. The van der Waals surface area contributed by atoms with Gasteiger partial charge in [-0.3, -0.25) is 4.68 Å². The minimum Gasteiger partial charge on any atom is -0.364 e. The summed E-state index contributed by atoms with van der Waals surface area (Å²) in [6.07, 6.45) is 3.88. The first-order valence-electron chi connectivity index (χ1n) is 6.46. The molecule has 0 fully saturated rings. The molecule has 3 rings (SSSR count). The molecule has 1 N–H and O–H groups in total. The van der Waals surface area contributed by atoms with Gasteiger partial charge in [0, 0.05) is 12.2 Å². The van der Waals surface area contributed by atoms with Crippen molar-refractivity contribution in [2.75, 3.05) is 5.32 Å². The zero-order valence-corrected chi connectivity index (χ0v) is 11.6. The molecule has 8 nitrogen and oxygen atoms in total. The van der Waals surface area contributed by atoms with Crippen molar-refractivity contribution in [3.05, 3.63) is 30.1 Å². The number of fused-ring (bicyclic) bond motifs is 1. The Hall–Kier alpha value is -2.51. The fourth-order valence-corrected chi connectivity index (χ4v) is 1.97. The van der Waals surface area contributed by atoms with Crippen LogP contribution in [0.1, 0.15) is 25.5 Å². The zero-order chi connectivity index (χ0) is 14.1. The lowest BCUT2D eigenvalue weighted by atomic mass is 10.2. The minimum absolute atomic E-state index is 0.163. The number of aromatic nitrogens is 7. The van der Waals surface area contributed by atoms with Gasteiger partial charge in [0.05, 0.1) is 12.2 Å². The van der Waals surface area contributed by atoms with Crippen molar-refractivity contribution < 1.29 is 0 Å². The van der Waals surface area contributed by atoms with E-state index in [1.54, 1.807) is 0 Å². The molecular weight excluding hydrogens is 256 g/mol. The third-order valence-corrected chi connectivity index (χ3v) is 3.32. The number of nitrogens with one attached hydrogen (secondary N) is 1. The molecule has 0 aromatic carbocycles. The van der Waals surface area contributed by atoms with Gasteiger partial charge in [-0.2, -0.15) is 5.10 Å². The molecule has 0 unspecified atom stereocenters. The minimum atomic E-state index is 0.163. The molecule has 20 heavy (non-hydrogen) atoms. The van der Waals surface area contributed by atoms with Crippen molar-refractivity contribution in [1.29, 1.82) is 0 Å². The molecular formula is C12H16N8. The number of hydrogen-bond donors (Lipinski definition) is 1. The van der Waals surface area contributed by atoms with E-state index in [9.17, 15) is 0 Å². The number of aryl methyl sites for hydroxylation is 1. The Morgan fingerprint density at radius 3 is 2.85 bits per heavy atom. The van der Waals surface area contributed by atoms with E-state index in [4.69, 9.17) is 0 Å². The number of hydrogen-bond acceptors (Lipinski definition) is 6. The molecule has 0 saturated carbocycles. The molecule has 8 heteroatoms. The van der Waals surface area contributed by atoms with Crippen molar-refractivity contribution in [2.24, 2.45) is 0 Å². The molecule has 0 aliphatic rings. The van der Waals surface area contributed by atoms with E-state index in [0.29, 0.717) is 5.65 Å². The van der Waals surface area contributed by atoms with Gasteiger partial charge in [0.25, 0.3) is 0 Å². The quantitative estimate of drug-likeness (QED) is 0.765. The first kappa shape index (κ1) is 12.5. The van der Waals surface area contributed by atoms with Gasteiger partial charge < -0.3 is 5.32 Å². The summed E-state index contributed by atoms with van der Waals surface area (Å²) in [7, 11) is 0. The van der Waals surface area contributed by atoms with Crippen LogP contribution >= 0.6 is 0 Å². The highest BCUT2D eigenvalue weighted by Gasteiger charge is 2.15. The van der Waals surface area contributed by atoms with Crippen LogP contribution in [-0.2, 0) is 0 Å². The van der Waals surface area contributed by atoms with Crippen molar-refractivity contribution in [3.8, 4) is 0 Å². The van der Waals surface area contributed by atoms with Crippen LogP contribution in [0, 0.1) is 6.92 Å². The molecule has 2 atom stereocenters. The van der Waals surface area contributed by atoms with E-state index in [0.717, 1.165) is 11.4 Å². The zero-order valence-electron chi connectivity index (χ0n) is 11.6. The normalized spacial score (nSPS) is 14.3. The first-order chi connectivity index (χ1) is 9.63. The number of nitrogens with zero attached hydrogens (tertiary/aromatic N) is 7. The number of tetrazole rings is 1. The highest BCUT2D eigenvalue weighted by atomic mass is 15.6. The highest BCUT2D eigenvalue weighted by Crippen LogP contribution is 2.15. The standard InChI is InChI=1S/C12H16N8/c1-8-6-13-19(7-8)10(3)9(2)14-11-4-5-12-15-17-18-20(12)16-11/h4-7,9-10H,1-3H3,(H,14,16)/t9-,10+/m0/s1. The molecule has 3 aromatic heterocycles. The number of anilines is 1. The van der Waals surface area contributed by atoms with Crippen molar-refractivity contribution in [3.63, 3.8) is 0 Å². The first-order valence-corrected chi connectivity index (χ1v) is 6.46. The van der Waals surface area contributed by atoms with E-state index in [-0.39, 0.29) is 12.1 Å². The molecule has 104 valence electrons. The SMILES string of the molecule is Cc1cnn([C@H](C)[C@H](C)Nc2ccc3nnnn3n2)c1. The van der Waals surface area contributed by atoms with Gasteiger partial charge >= 0.3 is 0 Å². The Labute approximate surface area is 115 Å². The maximum absolute atomic E-state index is 4.34. The van der Waals surface area contributed by atoms with Gasteiger partial charge in [0.1, 0.15) is 5.82 Å². The second kappa shape index (κ2) is 4.87. The van der Waals surface area contributed by atoms with Gasteiger partial charge in [-0.1, -0.05) is 0 Å². The van der Waals surface area contributed by atoms with Crippen LogP contribution in [-0.4, -0.2) is 41.1 Å².